The van der Waals surface area contributed by atoms with E-state index in [-0.39, 0.29) is 0 Å². The Morgan fingerprint density at radius 2 is 1.15 bits per heavy atom. The standard InChI is InChI=1S/C49H30N2S/c1-28-31-10-2-3-11-32(31)39-21-22-40-38-16-8-9-17-45(38)51(49(40)48(28)39)30-19-23-46-42(25-30)43-26-44(50-27-47(43)52-46)29-18-20-37-35-14-5-4-12-33(35)34-13-6-7-15-36(34)41(37)24-29/h2-28H,1H3. The number of thiophene rings is 1. The van der Waals surface area contributed by atoms with E-state index in [1.807, 2.05) is 11.3 Å². The lowest BCUT2D eigenvalue weighted by atomic mass is 9.93. The summed E-state index contributed by atoms with van der Waals surface area (Å²) < 4.78 is 5.01. The van der Waals surface area contributed by atoms with Crippen LogP contribution in [0.2, 0.25) is 0 Å². The third kappa shape index (κ3) is 3.76. The van der Waals surface area contributed by atoms with Crippen LogP contribution in [-0.4, -0.2) is 9.55 Å². The van der Waals surface area contributed by atoms with Gasteiger partial charge in [-0.15, -0.1) is 11.3 Å². The Morgan fingerprint density at radius 1 is 0.500 bits per heavy atom. The van der Waals surface area contributed by atoms with E-state index in [0.29, 0.717) is 5.92 Å². The predicted octanol–water partition coefficient (Wildman–Crippen LogP) is 13.8. The van der Waals surface area contributed by atoms with E-state index in [0.717, 1.165) is 11.3 Å². The number of aromatic nitrogens is 2. The average molecular weight is 679 g/mol. The van der Waals surface area contributed by atoms with Gasteiger partial charge in [0.25, 0.3) is 0 Å². The maximum atomic E-state index is 5.05. The second-order valence-corrected chi connectivity index (χ2v) is 15.4. The predicted molar refractivity (Wildman–Crippen MR) is 222 cm³/mol. The number of hydrogen-bond donors (Lipinski definition) is 0. The summed E-state index contributed by atoms with van der Waals surface area (Å²) in [5, 5.41) is 12.8. The molecule has 11 aromatic rings. The Labute approximate surface area is 303 Å². The van der Waals surface area contributed by atoms with Crippen molar-refractivity contribution in [3.05, 3.63) is 169 Å². The highest BCUT2D eigenvalue weighted by Crippen LogP contribution is 2.50. The molecule has 1 unspecified atom stereocenters. The van der Waals surface area contributed by atoms with E-state index in [2.05, 4.69) is 169 Å². The summed E-state index contributed by atoms with van der Waals surface area (Å²) in [6.45, 7) is 2.37. The third-order valence-electron chi connectivity index (χ3n) is 11.7. The van der Waals surface area contributed by atoms with Gasteiger partial charge in [0.15, 0.2) is 0 Å². The van der Waals surface area contributed by atoms with Crippen LogP contribution in [0.25, 0.3) is 102 Å². The maximum Gasteiger partial charge on any atom is 0.0709 e. The molecule has 3 heterocycles. The molecular formula is C49H30N2S. The molecule has 8 aromatic carbocycles. The molecule has 1 aliphatic carbocycles. The van der Waals surface area contributed by atoms with Gasteiger partial charge in [0.1, 0.15) is 0 Å². The van der Waals surface area contributed by atoms with Crippen LogP contribution in [0.15, 0.2) is 158 Å². The number of benzene rings is 8. The molecule has 0 spiro atoms. The Kier molecular flexibility index (Phi) is 5.67. The molecule has 0 N–H and O–H groups in total. The second kappa shape index (κ2) is 10.4. The van der Waals surface area contributed by atoms with Crippen LogP contribution in [0, 0.1) is 0 Å². The van der Waals surface area contributed by atoms with Crippen LogP contribution >= 0.6 is 11.3 Å². The summed E-state index contributed by atoms with van der Waals surface area (Å²) in [5.74, 6) is 0.314. The van der Waals surface area contributed by atoms with Gasteiger partial charge in [-0.25, -0.2) is 0 Å². The highest BCUT2D eigenvalue weighted by molar-refractivity contribution is 7.25. The van der Waals surface area contributed by atoms with Gasteiger partial charge in [-0.2, -0.15) is 0 Å². The summed E-state index contributed by atoms with van der Waals surface area (Å²) in [5.41, 5.74) is 11.4. The summed E-state index contributed by atoms with van der Waals surface area (Å²) in [7, 11) is 0. The van der Waals surface area contributed by atoms with Crippen molar-refractivity contribution < 1.29 is 0 Å². The summed E-state index contributed by atoms with van der Waals surface area (Å²) in [4.78, 5) is 5.05. The Hall–Kier alpha value is -6.29. The highest BCUT2D eigenvalue weighted by atomic mass is 32.1. The summed E-state index contributed by atoms with van der Waals surface area (Å²) in [6, 6.07) is 56.3. The first-order chi connectivity index (χ1) is 25.7. The van der Waals surface area contributed by atoms with Crippen molar-refractivity contribution in [1.82, 2.24) is 9.55 Å². The fraction of sp³-hybridized carbons (Fsp3) is 0.0408. The molecule has 0 radical (unpaired) electrons. The zero-order valence-corrected chi connectivity index (χ0v) is 29.2. The average Bonchev–Trinajstić information content (AvgIpc) is 3.84. The van der Waals surface area contributed by atoms with E-state index >= 15 is 0 Å². The van der Waals surface area contributed by atoms with Gasteiger partial charge < -0.3 is 4.57 Å². The van der Waals surface area contributed by atoms with Gasteiger partial charge in [0, 0.05) is 49.6 Å². The van der Waals surface area contributed by atoms with Crippen molar-refractivity contribution in [2.45, 2.75) is 12.8 Å². The monoisotopic (exact) mass is 678 g/mol. The van der Waals surface area contributed by atoms with Crippen molar-refractivity contribution in [3.8, 4) is 28.1 Å². The van der Waals surface area contributed by atoms with E-state index in [9.17, 15) is 0 Å². The van der Waals surface area contributed by atoms with Gasteiger partial charge in [0.05, 0.1) is 21.4 Å². The van der Waals surface area contributed by atoms with Crippen molar-refractivity contribution in [3.63, 3.8) is 0 Å². The van der Waals surface area contributed by atoms with Gasteiger partial charge in [0.2, 0.25) is 0 Å². The molecule has 3 heteroatoms. The molecule has 0 amide bonds. The van der Waals surface area contributed by atoms with Crippen molar-refractivity contribution in [2.24, 2.45) is 0 Å². The zero-order valence-electron chi connectivity index (χ0n) is 28.4. The molecular weight excluding hydrogens is 649 g/mol. The third-order valence-corrected chi connectivity index (χ3v) is 12.8. The van der Waals surface area contributed by atoms with Gasteiger partial charge in [-0.3, -0.25) is 4.98 Å². The van der Waals surface area contributed by atoms with Crippen LogP contribution in [0.5, 0.6) is 0 Å². The van der Waals surface area contributed by atoms with Gasteiger partial charge >= 0.3 is 0 Å². The molecule has 0 saturated carbocycles. The number of pyridine rings is 1. The van der Waals surface area contributed by atoms with Crippen molar-refractivity contribution in [1.29, 1.82) is 0 Å². The summed E-state index contributed by atoms with van der Waals surface area (Å²) >= 11 is 1.82. The molecule has 0 bridgehead atoms. The van der Waals surface area contributed by atoms with Crippen LogP contribution in [0.4, 0.5) is 0 Å². The molecule has 1 aliphatic rings. The minimum atomic E-state index is 0.314. The fourth-order valence-electron chi connectivity index (χ4n) is 9.33. The van der Waals surface area contributed by atoms with Crippen LogP contribution in [-0.2, 0) is 0 Å². The van der Waals surface area contributed by atoms with E-state index < -0.39 is 0 Å². The second-order valence-electron chi connectivity index (χ2n) is 14.3. The molecule has 3 aromatic heterocycles. The highest BCUT2D eigenvalue weighted by Gasteiger charge is 2.30. The lowest BCUT2D eigenvalue weighted by Gasteiger charge is -2.14. The quantitative estimate of drug-likeness (QED) is 0.166. The van der Waals surface area contributed by atoms with Crippen LogP contribution in [0.3, 0.4) is 0 Å². The smallest absolute Gasteiger partial charge is 0.0709 e. The van der Waals surface area contributed by atoms with Crippen LogP contribution in [0.1, 0.15) is 24.0 Å². The Balaban J connectivity index is 1.08. The molecule has 0 saturated heterocycles. The Morgan fingerprint density at radius 3 is 1.96 bits per heavy atom. The first-order valence-electron chi connectivity index (χ1n) is 18.0. The largest absolute Gasteiger partial charge is 0.309 e. The molecule has 2 nitrogen and oxygen atoms in total. The van der Waals surface area contributed by atoms with E-state index in [1.54, 1.807) is 0 Å². The first-order valence-corrected chi connectivity index (χ1v) is 18.8. The van der Waals surface area contributed by atoms with Crippen molar-refractivity contribution in [2.75, 3.05) is 0 Å². The maximum absolute atomic E-state index is 5.05. The number of rotatable bonds is 2. The minimum absolute atomic E-state index is 0.314. The SMILES string of the molecule is CC1c2ccccc2-c2ccc3c4ccccc4n(-c4ccc5sc6cnc(-c7ccc8c9ccccc9c9ccccc9c8c7)cc6c5c4)c3c21. The molecule has 12 rings (SSSR count). The fourth-order valence-corrected chi connectivity index (χ4v) is 10.4. The van der Waals surface area contributed by atoms with Crippen LogP contribution < -0.4 is 0 Å². The lowest BCUT2D eigenvalue weighted by molar-refractivity contribution is 0.957. The zero-order chi connectivity index (χ0) is 34.1. The normalized spacial score (nSPS) is 14.1. The molecule has 0 fully saturated rings. The number of nitrogens with zero attached hydrogens (tertiary/aromatic N) is 2. The number of fused-ring (bicyclic) bond motifs is 16. The molecule has 0 aliphatic heterocycles. The molecule has 1 atom stereocenters. The topological polar surface area (TPSA) is 17.8 Å². The number of hydrogen-bond acceptors (Lipinski definition) is 2. The van der Waals surface area contributed by atoms with E-state index in [1.165, 1.54) is 102 Å². The van der Waals surface area contributed by atoms with Gasteiger partial charge in [-0.05, 0) is 91.0 Å². The summed E-state index contributed by atoms with van der Waals surface area (Å²) in [6.07, 6.45) is 2.07. The van der Waals surface area contributed by atoms with E-state index in [4.69, 9.17) is 4.98 Å². The first kappa shape index (κ1) is 28.4. The van der Waals surface area contributed by atoms with Crippen molar-refractivity contribution >= 4 is 85.6 Å². The molecule has 242 valence electrons. The number of para-hydroxylation sites is 1. The minimum Gasteiger partial charge on any atom is -0.309 e. The van der Waals surface area contributed by atoms with Gasteiger partial charge in [-0.1, -0.05) is 122 Å². The Bertz CT molecular complexity index is 3290. The lowest BCUT2D eigenvalue weighted by Crippen LogP contribution is -1.99. The molecule has 52 heavy (non-hydrogen) atoms.